The van der Waals surface area contributed by atoms with E-state index in [0.29, 0.717) is 24.6 Å². The van der Waals surface area contributed by atoms with E-state index in [0.717, 1.165) is 12.0 Å². The first-order valence-electron chi connectivity index (χ1n) is 6.48. The van der Waals surface area contributed by atoms with E-state index in [1.165, 1.54) is 0 Å². The minimum Gasteiger partial charge on any atom is -0.389 e. The van der Waals surface area contributed by atoms with E-state index in [1.807, 2.05) is 13.0 Å². The van der Waals surface area contributed by atoms with Crippen LogP contribution < -0.4 is 5.32 Å². The van der Waals surface area contributed by atoms with E-state index in [4.69, 9.17) is 0 Å². The summed E-state index contributed by atoms with van der Waals surface area (Å²) >= 11 is 0. The van der Waals surface area contributed by atoms with E-state index in [9.17, 15) is 9.50 Å². The average molecular weight is 253 g/mol. The summed E-state index contributed by atoms with van der Waals surface area (Å²) in [4.78, 5) is 0. The van der Waals surface area contributed by atoms with Crippen LogP contribution in [0.2, 0.25) is 0 Å². The van der Waals surface area contributed by atoms with Crippen LogP contribution >= 0.6 is 0 Å². The van der Waals surface area contributed by atoms with Crippen LogP contribution in [0.5, 0.6) is 0 Å². The maximum atomic E-state index is 13.3. The second-order valence-electron chi connectivity index (χ2n) is 5.78. The van der Waals surface area contributed by atoms with Crippen molar-refractivity contribution in [3.63, 3.8) is 0 Å². The highest BCUT2D eigenvalue weighted by molar-refractivity contribution is 5.23. The van der Waals surface area contributed by atoms with E-state index in [-0.39, 0.29) is 5.82 Å². The summed E-state index contributed by atoms with van der Waals surface area (Å²) in [7, 11) is 0. The standard InChI is InChI=1S/C15H24FNO/c1-11(2)8-15(4,18)10-17-9-13-6-5-12(3)14(16)7-13/h5-7,11,17-18H,8-10H2,1-4H3. The lowest BCUT2D eigenvalue weighted by Crippen LogP contribution is -2.38. The predicted octanol–water partition coefficient (Wildman–Crippen LogP) is 3.02. The van der Waals surface area contributed by atoms with Gasteiger partial charge in [0, 0.05) is 13.1 Å². The number of benzene rings is 1. The number of hydrogen-bond donors (Lipinski definition) is 2. The Labute approximate surface area is 109 Å². The van der Waals surface area contributed by atoms with E-state index >= 15 is 0 Å². The molecule has 1 unspecified atom stereocenters. The highest BCUT2D eigenvalue weighted by atomic mass is 19.1. The number of aryl methyl sites for hydroxylation is 1. The Morgan fingerprint density at radius 2 is 2.06 bits per heavy atom. The molecule has 0 saturated heterocycles. The fourth-order valence-corrected chi connectivity index (χ4v) is 2.17. The Balaban J connectivity index is 2.43. The molecule has 1 atom stereocenters. The first-order valence-corrected chi connectivity index (χ1v) is 6.48. The zero-order chi connectivity index (χ0) is 13.8. The van der Waals surface area contributed by atoms with Crippen molar-refractivity contribution in [3.8, 4) is 0 Å². The summed E-state index contributed by atoms with van der Waals surface area (Å²) in [5.41, 5.74) is 0.848. The molecule has 3 heteroatoms. The van der Waals surface area contributed by atoms with Crippen molar-refractivity contribution < 1.29 is 9.50 Å². The van der Waals surface area contributed by atoms with Crippen LogP contribution in [-0.4, -0.2) is 17.3 Å². The first-order chi connectivity index (χ1) is 8.30. The molecule has 0 amide bonds. The van der Waals surface area contributed by atoms with Crippen molar-refractivity contribution in [1.29, 1.82) is 0 Å². The summed E-state index contributed by atoms with van der Waals surface area (Å²) in [6, 6.07) is 5.22. The zero-order valence-electron chi connectivity index (χ0n) is 11.8. The van der Waals surface area contributed by atoms with Crippen LogP contribution in [0.3, 0.4) is 0 Å². The SMILES string of the molecule is Cc1ccc(CNCC(C)(O)CC(C)C)cc1F. The van der Waals surface area contributed by atoms with Crippen LogP contribution in [-0.2, 0) is 6.54 Å². The molecule has 0 radical (unpaired) electrons. The van der Waals surface area contributed by atoms with Gasteiger partial charge in [-0.25, -0.2) is 4.39 Å². The monoisotopic (exact) mass is 253 g/mol. The molecule has 0 aliphatic heterocycles. The van der Waals surface area contributed by atoms with E-state index in [1.54, 1.807) is 19.1 Å². The molecule has 0 spiro atoms. The largest absolute Gasteiger partial charge is 0.389 e. The van der Waals surface area contributed by atoms with Crippen LogP contribution in [0.4, 0.5) is 4.39 Å². The summed E-state index contributed by atoms with van der Waals surface area (Å²) in [5.74, 6) is 0.279. The van der Waals surface area contributed by atoms with Crippen molar-refractivity contribution in [2.24, 2.45) is 5.92 Å². The quantitative estimate of drug-likeness (QED) is 0.817. The Morgan fingerprint density at radius 1 is 1.39 bits per heavy atom. The van der Waals surface area contributed by atoms with Gasteiger partial charge in [-0.2, -0.15) is 0 Å². The lowest BCUT2D eigenvalue weighted by Gasteiger charge is -2.25. The topological polar surface area (TPSA) is 32.3 Å². The van der Waals surface area contributed by atoms with Crippen LogP contribution in [0.25, 0.3) is 0 Å². The van der Waals surface area contributed by atoms with Gasteiger partial charge in [-0.1, -0.05) is 26.0 Å². The van der Waals surface area contributed by atoms with Gasteiger partial charge in [-0.3, -0.25) is 0 Å². The molecule has 2 nitrogen and oxygen atoms in total. The normalized spacial score (nSPS) is 14.8. The molecule has 0 fully saturated rings. The molecule has 18 heavy (non-hydrogen) atoms. The van der Waals surface area contributed by atoms with Crippen molar-refractivity contribution in [1.82, 2.24) is 5.32 Å². The molecule has 1 aromatic rings. The fraction of sp³-hybridized carbons (Fsp3) is 0.600. The van der Waals surface area contributed by atoms with Crippen molar-refractivity contribution in [2.45, 2.75) is 46.3 Å². The molecule has 0 saturated carbocycles. The van der Waals surface area contributed by atoms with Gasteiger partial charge in [-0.05, 0) is 43.4 Å². The van der Waals surface area contributed by atoms with Crippen LogP contribution in [0.1, 0.15) is 38.3 Å². The van der Waals surface area contributed by atoms with Gasteiger partial charge in [0.05, 0.1) is 5.60 Å². The minimum absolute atomic E-state index is 0.178. The van der Waals surface area contributed by atoms with Gasteiger partial charge in [0.1, 0.15) is 5.82 Å². The molecule has 102 valence electrons. The van der Waals surface area contributed by atoms with Gasteiger partial charge in [0.25, 0.3) is 0 Å². The third kappa shape index (κ3) is 5.15. The van der Waals surface area contributed by atoms with Crippen molar-refractivity contribution in [3.05, 3.63) is 35.1 Å². The van der Waals surface area contributed by atoms with Crippen molar-refractivity contribution >= 4 is 0 Å². The third-order valence-corrected chi connectivity index (χ3v) is 2.92. The van der Waals surface area contributed by atoms with E-state index in [2.05, 4.69) is 19.2 Å². The highest BCUT2D eigenvalue weighted by Gasteiger charge is 2.20. The number of hydrogen-bond acceptors (Lipinski definition) is 2. The molecule has 0 aromatic heterocycles. The number of rotatable bonds is 6. The van der Waals surface area contributed by atoms with Crippen molar-refractivity contribution in [2.75, 3.05) is 6.54 Å². The third-order valence-electron chi connectivity index (χ3n) is 2.92. The van der Waals surface area contributed by atoms with Gasteiger partial charge >= 0.3 is 0 Å². The molecule has 0 aliphatic rings. The maximum absolute atomic E-state index is 13.3. The lowest BCUT2D eigenvalue weighted by atomic mass is 9.94. The number of nitrogens with one attached hydrogen (secondary N) is 1. The molecule has 0 bridgehead atoms. The van der Waals surface area contributed by atoms with Crippen LogP contribution in [0.15, 0.2) is 18.2 Å². The second-order valence-corrected chi connectivity index (χ2v) is 5.78. The molecule has 1 aromatic carbocycles. The first kappa shape index (κ1) is 15.1. The lowest BCUT2D eigenvalue weighted by molar-refractivity contribution is 0.0383. The Hall–Kier alpha value is -0.930. The minimum atomic E-state index is -0.711. The highest BCUT2D eigenvalue weighted by Crippen LogP contribution is 2.15. The van der Waals surface area contributed by atoms with E-state index < -0.39 is 5.60 Å². The van der Waals surface area contributed by atoms with Gasteiger partial charge in [0.15, 0.2) is 0 Å². The maximum Gasteiger partial charge on any atom is 0.126 e. The molecule has 0 heterocycles. The number of aliphatic hydroxyl groups is 1. The summed E-state index contributed by atoms with van der Waals surface area (Å²) < 4.78 is 13.3. The molecule has 2 N–H and O–H groups in total. The summed E-state index contributed by atoms with van der Waals surface area (Å²) in [6.45, 7) is 8.84. The van der Waals surface area contributed by atoms with Crippen LogP contribution in [0, 0.1) is 18.7 Å². The summed E-state index contributed by atoms with van der Waals surface area (Å²) in [6.07, 6.45) is 0.752. The van der Waals surface area contributed by atoms with Gasteiger partial charge in [0.2, 0.25) is 0 Å². The number of halogens is 1. The zero-order valence-corrected chi connectivity index (χ0v) is 11.8. The Kier molecular flexibility index (Phi) is 5.29. The molecule has 1 rings (SSSR count). The molecular weight excluding hydrogens is 229 g/mol. The average Bonchev–Trinajstić information content (AvgIpc) is 2.21. The smallest absolute Gasteiger partial charge is 0.126 e. The second kappa shape index (κ2) is 6.30. The molecular formula is C15H24FNO. The van der Waals surface area contributed by atoms with Gasteiger partial charge in [-0.15, -0.1) is 0 Å². The summed E-state index contributed by atoms with van der Waals surface area (Å²) in [5, 5.41) is 13.3. The van der Waals surface area contributed by atoms with Gasteiger partial charge < -0.3 is 10.4 Å². The molecule has 0 aliphatic carbocycles. The fourth-order valence-electron chi connectivity index (χ4n) is 2.17. The predicted molar refractivity (Wildman–Crippen MR) is 72.9 cm³/mol. The Bertz CT molecular complexity index is 388. The Morgan fingerprint density at radius 3 is 2.61 bits per heavy atom.